The summed E-state index contributed by atoms with van der Waals surface area (Å²) in [6.07, 6.45) is -0.505. The first-order chi connectivity index (χ1) is 4.04. The molecule has 54 valence electrons. The monoisotopic (exact) mass is 172 g/mol. The second-order valence-electron chi connectivity index (χ2n) is 1.48. The summed E-state index contributed by atoms with van der Waals surface area (Å²) < 4.78 is 0. The molecule has 0 aliphatic carbocycles. The van der Waals surface area contributed by atoms with Gasteiger partial charge < -0.3 is 13.1 Å². The minimum absolute atomic E-state index is 0. The molecule has 0 heterocycles. The number of rotatable bonds is 3. The van der Waals surface area contributed by atoms with Gasteiger partial charge >= 0.3 is 49.7 Å². The molecular formula is C5H8CaO4. The van der Waals surface area contributed by atoms with Gasteiger partial charge in [0.25, 0.3) is 0 Å². The van der Waals surface area contributed by atoms with Crippen LogP contribution in [0.2, 0.25) is 0 Å². The van der Waals surface area contributed by atoms with E-state index >= 15 is 0 Å². The fourth-order valence-electron chi connectivity index (χ4n) is 0.258. The van der Waals surface area contributed by atoms with Gasteiger partial charge in [0.2, 0.25) is 0 Å². The maximum atomic E-state index is 9.87. The van der Waals surface area contributed by atoms with Crippen LogP contribution in [0.5, 0.6) is 0 Å². The van der Waals surface area contributed by atoms with Gasteiger partial charge in [0.1, 0.15) is 0 Å². The predicted molar refractivity (Wildman–Crippen MR) is 37.0 cm³/mol. The second kappa shape index (κ2) is 5.70. The van der Waals surface area contributed by atoms with Gasteiger partial charge in [-0.2, -0.15) is 0 Å². The Labute approximate surface area is 90.5 Å². The summed E-state index contributed by atoms with van der Waals surface area (Å²) in [5.74, 6) is -2.44. The van der Waals surface area contributed by atoms with Crippen LogP contribution in [0.1, 0.15) is 9.27 Å². The number of aliphatic carboxylic acids is 2. The number of carboxylic acids is 2. The van der Waals surface area contributed by atoms with Crippen LogP contribution in [-0.4, -0.2) is 59.9 Å². The molecule has 0 saturated heterocycles. The molecule has 0 radical (unpaired) electrons. The molecule has 0 aliphatic rings. The number of carbonyl (C=O) groups is 2. The first kappa shape index (κ1) is 12.6. The molecule has 0 unspecified atom stereocenters. The summed E-state index contributed by atoms with van der Waals surface area (Å²) in [6.45, 7) is 3.01. The topological polar surface area (TPSA) is 74.6 Å². The number of hydrogen-bond donors (Lipinski definition) is 2. The number of carboxylic acid groups (broad SMARTS) is 2. The molecule has 10 heavy (non-hydrogen) atoms. The largest absolute Gasteiger partial charge is 2.00 e. The van der Waals surface area contributed by atoms with E-state index < -0.39 is 18.4 Å². The molecule has 0 fully saturated rings. The van der Waals surface area contributed by atoms with Crippen LogP contribution in [0, 0.1) is 0 Å². The van der Waals surface area contributed by atoms with Crippen molar-refractivity contribution in [1.29, 1.82) is 0 Å². The maximum absolute atomic E-state index is 9.87. The van der Waals surface area contributed by atoms with Crippen LogP contribution < -0.4 is 0 Å². The van der Waals surface area contributed by atoms with E-state index in [-0.39, 0.29) is 46.2 Å². The van der Waals surface area contributed by atoms with Gasteiger partial charge in [0.05, 0.1) is 6.42 Å². The van der Waals surface area contributed by atoms with E-state index in [2.05, 4.69) is 6.58 Å². The van der Waals surface area contributed by atoms with Gasteiger partial charge in [0.15, 0.2) is 0 Å². The van der Waals surface area contributed by atoms with Crippen LogP contribution in [0.15, 0.2) is 12.2 Å². The molecule has 0 bridgehead atoms. The van der Waals surface area contributed by atoms with E-state index in [1.54, 1.807) is 0 Å². The Morgan fingerprint density at radius 2 is 1.80 bits per heavy atom. The first-order valence-electron chi connectivity index (χ1n) is 2.17. The minimum Gasteiger partial charge on any atom is -1.00 e. The van der Waals surface area contributed by atoms with E-state index in [9.17, 15) is 9.59 Å². The maximum Gasteiger partial charge on any atom is 2.00 e. The average Bonchev–Trinajstić information content (AvgIpc) is 1.63. The Kier molecular flexibility index (Phi) is 7.19. The Morgan fingerprint density at radius 1 is 1.40 bits per heavy atom. The molecule has 0 aliphatic heterocycles. The molecule has 5 heteroatoms. The van der Waals surface area contributed by atoms with E-state index in [0.29, 0.717) is 0 Å². The van der Waals surface area contributed by atoms with Crippen molar-refractivity contribution in [2.45, 2.75) is 6.42 Å². The summed E-state index contributed by atoms with van der Waals surface area (Å²) in [7, 11) is 0. The Balaban J connectivity index is -0.000000107. The number of hydrogen-bond acceptors (Lipinski definition) is 2. The van der Waals surface area contributed by atoms with Crippen molar-refractivity contribution in [3.8, 4) is 0 Å². The van der Waals surface area contributed by atoms with E-state index in [1.807, 2.05) is 0 Å². The SMILES string of the molecule is C=C(CC(=O)O)C(=O)O.[Ca+2].[H-].[H-]. The fourth-order valence-corrected chi connectivity index (χ4v) is 0.258. The fraction of sp³-hybridized carbons (Fsp3) is 0.200. The van der Waals surface area contributed by atoms with Crippen LogP contribution in [-0.2, 0) is 9.59 Å². The van der Waals surface area contributed by atoms with Crippen molar-refractivity contribution in [2.24, 2.45) is 0 Å². The summed E-state index contributed by atoms with van der Waals surface area (Å²) in [6, 6.07) is 0. The van der Waals surface area contributed by atoms with Crippen molar-refractivity contribution in [2.75, 3.05) is 0 Å². The van der Waals surface area contributed by atoms with Crippen LogP contribution in [0.3, 0.4) is 0 Å². The zero-order chi connectivity index (χ0) is 7.44. The third kappa shape index (κ3) is 6.07. The molecule has 0 amide bonds. The third-order valence-corrected chi connectivity index (χ3v) is 0.667. The van der Waals surface area contributed by atoms with Gasteiger partial charge in [-0.15, -0.1) is 0 Å². The first-order valence-corrected chi connectivity index (χ1v) is 2.17. The van der Waals surface area contributed by atoms with E-state index in [4.69, 9.17) is 10.2 Å². The summed E-state index contributed by atoms with van der Waals surface area (Å²) in [5.41, 5.74) is -0.303. The van der Waals surface area contributed by atoms with Crippen molar-refractivity contribution >= 4 is 49.7 Å². The van der Waals surface area contributed by atoms with Crippen molar-refractivity contribution in [3.05, 3.63) is 12.2 Å². The van der Waals surface area contributed by atoms with Crippen molar-refractivity contribution < 1.29 is 22.7 Å². The molecular weight excluding hydrogens is 164 g/mol. The Hall–Kier alpha value is -0.0603. The molecule has 0 rings (SSSR count). The molecule has 2 N–H and O–H groups in total. The van der Waals surface area contributed by atoms with Crippen LogP contribution in [0.4, 0.5) is 0 Å². The molecule has 0 saturated carbocycles. The van der Waals surface area contributed by atoms with E-state index in [1.165, 1.54) is 0 Å². The normalized spacial score (nSPS) is 7.60. The molecule has 0 aromatic heterocycles. The standard InChI is InChI=1S/C5H6O4.Ca.2H/c1-3(5(8)9)2-4(6)7;;;/h1-2H2,(H,6,7)(H,8,9);;;/q;+2;2*-1. The molecule has 0 spiro atoms. The van der Waals surface area contributed by atoms with E-state index in [0.717, 1.165) is 0 Å². The van der Waals surface area contributed by atoms with Gasteiger partial charge in [-0.25, -0.2) is 4.79 Å². The third-order valence-electron chi connectivity index (χ3n) is 0.667. The quantitative estimate of drug-likeness (QED) is 0.462. The molecule has 0 aromatic carbocycles. The molecule has 0 aromatic rings. The predicted octanol–water partition coefficient (Wildman–Crippen LogP) is -0.0539. The second-order valence-corrected chi connectivity index (χ2v) is 1.48. The van der Waals surface area contributed by atoms with Gasteiger partial charge in [-0.05, 0) is 0 Å². The Bertz CT molecular complexity index is 171. The average molecular weight is 172 g/mol. The molecule has 0 atom stereocenters. The van der Waals surface area contributed by atoms with Crippen LogP contribution >= 0.6 is 0 Å². The van der Waals surface area contributed by atoms with Crippen LogP contribution in [0.25, 0.3) is 0 Å². The Morgan fingerprint density at radius 3 is 1.90 bits per heavy atom. The van der Waals surface area contributed by atoms with Gasteiger partial charge in [-0.3, -0.25) is 4.79 Å². The molecule has 4 nitrogen and oxygen atoms in total. The smallest absolute Gasteiger partial charge is 1.00 e. The summed E-state index contributed by atoms with van der Waals surface area (Å²) in [4.78, 5) is 19.7. The van der Waals surface area contributed by atoms with Gasteiger partial charge in [0, 0.05) is 5.57 Å². The van der Waals surface area contributed by atoms with Crippen molar-refractivity contribution in [1.82, 2.24) is 0 Å². The zero-order valence-corrected chi connectivity index (χ0v) is 7.54. The summed E-state index contributed by atoms with van der Waals surface area (Å²) >= 11 is 0. The van der Waals surface area contributed by atoms with Gasteiger partial charge in [-0.1, -0.05) is 6.58 Å². The summed E-state index contributed by atoms with van der Waals surface area (Å²) in [5, 5.41) is 16.1. The minimum atomic E-state index is -1.27. The zero-order valence-electron chi connectivity index (χ0n) is 7.33. The van der Waals surface area contributed by atoms with Crippen molar-refractivity contribution in [3.63, 3.8) is 0 Å².